The molecule has 0 aliphatic rings. The second-order valence-corrected chi connectivity index (χ2v) is 4.36. The van der Waals surface area contributed by atoms with Crippen LogP contribution in [0, 0.1) is 0 Å². The Morgan fingerprint density at radius 2 is 1.74 bits per heavy atom. The zero-order chi connectivity index (χ0) is 14.3. The number of esters is 1. The fourth-order valence-corrected chi connectivity index (χ4v) is 1.76. The number of aryl methyl sites for hydroxylation is 1. The van der Waals surface area contributed by atoms with Gasteiger partial charge in [-0.05, 0) is 37.0 Å². The summed E-state index contributed by atoms with van der Waals surface area (Å²) in [5, 5.41) is 0. The Balaban J connectivity index is 2.29. The van der Waals surface area contributed by atoms with E-state index in [0.29, 0.717) is 18.4 Å². The second-order valence-electron chi connectivity index (χ2n) is 4.36. The van der Waals surface area contributed by atoms with Crippen molar-refractivity contribution in [1.29, 1.82) is 0 Å². The van der Waals surface area contributed by atoms with E-state index in [1.165, 1.54) is 7.11 Å². The van der Waals surface area contributed by atoms with E-state index in [1.807, 2.05) is 0 Å². The van der Waals surface area contributed by atoms with E-state index in [0.717, 1.165) is 12.0 Å². The Morgan fingerprint density at radius 3 is 2.26 bits per heavy atom. The number of alkyl halides is 3. The van der Waals surface area contributed by atoms with E-state index < -0.39 is 18.6 Å². The van der Waals surface area contributed by atoms with Gasteiger partial charge < -0.3 is 4.74 Å². The van der Waals surface area contributed by atoms with Crippen LogP contribution in [0.15, 0.2) is 24.3 Å². The molecule has 0 fully saturated rings. The Kier molecular flexibility index (Phi) is 5.86. The van der Waals surface area contributed by atoms with Crippen LogP contribution in [0.3, 0.4) is 0 Å². The standard InChI is InChI=1S/C14H17F3O2/c1-19-13(18)12-8-6-11(7-9-12)5-3-2-4-10-14(15,16)17/h6-9H,2-5,10H2,1H3. The molecule has 0 aliphatic carbocycles. The number of carbonyl (C=O) groups excluding carboxylic acids is 1. The normalized spacial score (nSPS) is 11.4. The zero-order valence-electron chi connectivity index (χ0n) is 10.8. The molecular formula is C14H17F3O2. The van der Waals surface area contributed by atoms with Gasteiger partial charge in [0.25, 0.3) is 0 Å². The molecule has 0 saturated heterocycles. The lowest BCUT2D eigenvalue weighted by atomic mass is 10.0. The Labute approximate surface area is 110 Å². The van der Waals surface area contributed by atoms with Crippen molar-refractivity contribution in [1.82, 2.24) is 0 Å². The highest BCUT2D eigenvalue weighted by Gasteiger charge is 2.25. The maximum atomic E-state index is 11.9. The molecule has 0 bridgehead atoms. The lowest BCUT2D eigenvalue weighted by Gasteiger charge is -2.06. The van der Waals surface area contributed by atoms with Crippen molar-refractivity contribution in [2.45, 2.75) is 38.3 Å². The van der Waals surface area contributed by atoms with E-state index in [4.69, 9.17) is 0 Å². The summed E-state index contributed by atoms with van der Waals surface area (Å²) in [7, 11) is 1.32. The van der Waals surface area contributed by atoms with Crippen molar-refractivity contribution in [2.75, 3.05) is 7.11 Å². The summed E-state index contributed by atoms with van der Waals surface area (Å²) in [4.78, 5) is 11.2. The molecule has 0 N–H and O–H groups in total. The molecule has 0 saturated carbocycles. The number of methoxy groups -OCH3 is 1. The summed E-state index contributed by atoms with van der Waals surface area (Å²) in [6.07, 6.45) is -2.61. The number of ether oxygens (including phenoxy) is 1. The lowest BCUT2D eigenvalue weighted by molar-refractivity contribution is -0.135. The third-order valence-corrected chi connectivity index (χ3v) is 2.80. The first kappa shape index (κ1) is 15.5. The Hall–Kier alpha value is -1.52. The number of hydrogen-bond acceptors (Lipinski definition) is 2. The van der Waals surface area contributed by atoms with Gasteiger partial charge in [0.1, 0.15) is 0 Å². The molecule has 106 valence electrons. The molecule has 0 atom stereocenters. The third kappa shape index (κ3) is 6.27. The minimum atomic E-state index is -4.05. The van der Waals surface area contributed by atoms with Crippen LogP contribution in [0.1, 0.15) is 41.6 Å². The highest BCUT2D eigenvalue weighted by atomic mass is 19.4. The molecule has 1 aromatic rings. The summed E-state index contributed by atoms with van der Waals surface area (Å²) < 4.78 is 40.3. The van der Waals surface area contributed by atoms with E-state index >= 15 is 0 Å². The number of carbonyl (C=O) groups is 1. The van der Waals surface area contributed by atoms with Crippen LogP contribution in [-0.4, -0.2) is 19.3 Å². The monoisotopic (exact) mass is 274 g/mol. The van der Waals surface area contributed by atoms with Crippen LogP contribution in [-0.2, 0) is 11.2 Å². The average molecular weight is 274 g/mol. The van der Waals surface area contributed by atoms with Gasteiger partial charge in [-0.15, -0.1) is 0 Å². The van der Waals surface area contributed by atoms with E-state index in [1.54, 1.807) is 24.3 Å². The van der Waals surface area contributed by atoms with Crippen LogP contribution in [0.5, 0.6) is 0 Å². The molecule has 0 radical (unpaired) electrons. The fourth-order valence-electron chi connectivity index (χ4n) is 1.76. The van der Waals surface area contributed by atoms with Gasteiger partial charge in [-0.1, -0.05) is 18.6 Å². The topological polar surface area (TPSA) is 26.3 Å². The lowest BCUT2D eigenvalue weighted by Crippen LogP contribution is -2.06. The number of hydrogen-bond donors (Lipinski definition) is 0. The van der Waals surface area contributed by atoms with Crippen molar-refractivity contribution in [3.63, 3.8) is 0 Å². The molecule has 0 spiro atoms. The minimum absolute atomic E-state index is 0.170. The quantitative estimate of drug-likeness (QED) is 0.575. The molecule has 5 heteroatoms. The van der Waals surface area contributed by atoms with Crippen molar-refractivity contribution >= 4 is 5.97 Å². The van der Waals surface area contributed by atoms with Gasteiger partial charge in [0.2, 0.25) is 0 Å². The summed E-state index contributed by atoms with van der Waals surface area (Å²) >= 11 is 0. The van der Waals surface area contributed by atoms with Gasteiger partial charge in [0, 0.05) is 6.42 Å². The summed E-state index contributed by atoms with van der Waals surface area (Å²) in [5.74, 6) is -0.392. The van der Waals surface area contributed by atoms with Gasteiger partial charge in [0.15, 0.2) is 0 Å². The largest absolute Gasteiger partial charge is 0.465 e. The first-order valence-corrected chi connectivity index (χ1v) is 6.16. The van der Waals surface area contributed by atoms with Gasteiger partial charge in [0.05, 0.1) is 12.7 Å². The predicted octanol–water partition coefficient (Wildman–Crippen LogP) is 4.14. The SMILES string of the molecule is COC(=O)c1ccc(CCCCCC(F)(F)F)cc1. The molecule has 2 nitrogen and oxygen atoms in total. The van der Waals surface area contributed by atoms with Gasteiger partial charge in [-0.2, -0.15) is 13.2 Å². The highest BCUT2D eigenvalue weighted by Crippen LogP contribution is 2.23. The van der Waals surface area contributed by atoms with Crippen LogP contribution >= 0.6 is 0 Å². The highest BCUT2D eigenvalue weighted by molar-refractivity contribution is 5.89. The maximum Gasteiger partial charge on any atom is 0.389 e. The fraction of sp³-hybridized carbons (Fsp3) is 0.500. The Bertz CT molecular complexity index is 396. The van der Waals surface area contributed by atoms with Crippen molar-refractivity contribution < 1.29 is 22.7 Å². The van der Waals surface area contributed by atoms with Crippen LogP contribution in [0.2, 0.25) is 0 Å². The average Bonchev–Trinajstić information content (AvgIpc) is 2.37. The summed E-state index contributed by atoms with van der Waals surface area (Å²) in [6.45, 7) is 0. The van der Waals surface area contributed by atoms with Gasteiger partial charge in [-0.3, -0.25) is 0 Å². The van der Waals surface area contributed by atoms with Crippen LogP contribution in [0.25, 0.3) is 0 Å². The smallest absolute Gasteiger partial charge is 0.389 e. The molecular weight excluding hydrogens is 257 g/mol. The summed E-state index contributed by atoms with van der Waals surface area (Å²) in [5.41, 5.74) is 1.49. The molecule has 0 amide bonds. The maximum absolute atomic E-state index is 11.9. The number of unbranched alkanes of at least 4 members (excludes halogenated alkanes) is 2. The van der Waals surface area contributed by atoms with Crippen molar-refractivity contribution in [3.8, 4) is 0 Å². The van der Waals surface area contributed by atoms with E-state index in [-0.39, 0.29) is 6.42 Å². The second kappa shape index (κ2) is 7.16. The molecule has 0 unspecified atom stereocenters. The van der Waals surface area contributed by atoms with Crippen LogP contribution in [0.4, 0.5) is 13.2 Å². The molecule has 1 rings (SSSR count). The molecule has 1 aromatic carbocycles. The van der Waals surface area contributed by atoms with E-state index in [9.17, 15) is 18.0 Å². The number of rotatable bonds is 6. The minimum Gasteiger partial charge on any atom is -0.465 e. The predicted molar refractivity (Wildman–Crippen MR) is 66.0 cm³/mol. The Morgan fingerprint density at radius 1 is 1.11 bits per heavy atom. The van der Waals surface area contributed by atoms with Crippen LogP contribution < -0.4 is 0 Å². The first-order chi connectivity index (χ1) is 8.92. The van der Waals surface area contributed by atoms with Crippen molar-refractivity contribution in [3.05, 3.63) is 35.4 Å². The molecule has 19 heavy (non-hydrogen) atoms. The molecule has 0 aromatic heterocycles. The first-order valence-electron chi connectivity index (χ1n) is 6.16. The zero-order valence-corrected chi connectivity index (χ0v) is 10.8. The number of halogens is 3. The molecule has 0 aliphatic heterocycles. The van der Waals surface area contributed by atoms with Crippen molar-refractivity contribution in [2.24, 2.45) is 0 Å². The number of benzene rings is 1. The molecule has 0 heterocycles. The van der Waals surface area contributed by atoms with E-state index in [2.05, 4.69) is 4.74 Å². The summed E-state index contributed by atoms with van der Waals surface area (Å²) in [6, 6.07) is 6.93. The third-order valence-electron chi connectivity index (χ3n) is 2.80. The van der Waals surface area contributed by atoms with Gasteiger partial charge in [-0.25, -0.2) is 4.79 Å². The van der Waals surface area contributed by atoms with Gasteiger partial charge >= 0.3 is 12.1 Å².